The minimum absolute atomic E-state index is 0. The van der Waals surface area contributed by atoms with E-state index in [4.69, 9.17) is 34.4 Å². The van der Waals surface area contributed by atoms with E-state index in [1.54, 1.807) is 38.5 Å². The first-order valence-corrected chi connectivity index (χ1v) is 35.6. The van der Waals surface area contributed by atoms with Crippen LogP contribution in [0.15, 0.2) is 0 Å². The molecule has 106 heavy (non-hydrogen) atoms. The fourth-order valence-corrected chi connectivity index (χ4v) is 9.21. The Morgan fingerprint density at radius 3 is 0.500 bits per heavy atom. The van der Waals surface area contributed by atoms with Gasteiger partial charge in [-0.05, 0) is 58.9 Å². The van der Waals surface area contributed by atoms with Crippen molar-refractivity contribution in [3.8, 4) is 0 Å². The summed E-state index contributed by atoms with van der Waals surface area (Å²) in [6, 6.07) is 0. The first kappa shape index (κ1) is 116. The maximum absolute atomic E-state index is 12.1. The van der Waals surface area contributed by atoms with Crippen LogP contribution in [-0.4, -0.2) is 403 Å². The number of rotatable bonds is 72. The van der Waals surface area contributed by atoms with Crippen LogP contribution < -0.4 is 114 Å². The first-order chi connectivity index (χ1) is 50.0. The Hall–Kier alpha value is -3.69. The zero-order valence-electron chi connectivity index (χ0n) is 63.7. The van der Waals surface area contributed by atoms with Crippen molar-refractivity contribution in [2.24, 2.45) is 34.4 Å². The molecule has 0 aromatic rings. The van der Waals surface area contributed by atoms with Crippen molar-refractivity contribution >= 4 is 73.9 Å². The number of nitrogens with one attached hydrogen (secondary N) is 15. The third kappa shape index (κ3) is 85.9. The van der Waals surface area contributed by atoms with Gasteiger partial charge >= 0.3 is 0 Å². The fourth-order valence-electron chi connectivity index (χ4n) is 9.21. The number of carbonyl (C=O) groups is 6. The van der Waals surface area contributed by atoms with E-state index >= 15 is 0 Å². The van der Waals surface area contributed by atoms with Crippen molar-refractivity contribution in [2.45, 2.75) is 40.0 Å². The van der Waals surface area contributed by atoms with Gasteiger partial charge in [0.2, 0.25) is 35.4 Å². The first-order valence-electron chi connectivity index (χ1n) is 35.6. The minimum atomic E-state index is -0.373. The van der Waals surface area contributed by atoms with Crippen molar-refractivity contribution in [3.05, 3.63) is 0 Å². The van der Waals surface area contributed by atoms with Crippen LogP contribution >= 0.6 is 0 Å². The largest absolute Gasteiger partial charge is 0.529 e. The minimum Gasteiger partial charge on any atom is -0.529 e. The number of hydrogen-bond acceptors (Lipinski definition) is 28. The van der Waals surface area contributed by atoms with E-state index in [0.717, 1.165) is 78.5 Å². The SMILES string of the molecule is CCNCCN(CCN)CCN[C-]=O.CCNCCN(CCNCC)CCNC(=O)CC(=O)NCCN(CCN[C-]=O)CCN[C-]=O.NCCN(CCN)CCNC(=O)CC(=O)NCCN(CCN)CCN[C-]=O.NCCN(CCN)CCNC(=O)CC(=O)NCCN(CCN[C-]=O)CCN[C-]=O.[Y].[Y].[Y]. The third-order valence-electron chi connectivity index (χ3n) is 14.5. The van der Waals surface area contributed by atoms with Gasteiger partial charge in [-0.15, -0.1) is 0 Å². The van der Waals surface area contributed by atoms with Crippen molar-refractivity contribution in [3.63, 3.8) is 0 Å². The second-order valence-electron chi connectivity index (χ2n) is 22.5. The molecule has 0 saturated carbocycles. The van der Waals surface area contributed by atoms with Crippen LogP contribution in [-0.2, 0) is 156 Å². The quantitative estimate of drug-likeness (QED) is 0.0116. The molecule has 0 atom stereocenters. The van der Waals surface area contributed by atoms with Gasteiger partial charge in [0.15, 0.2) is 0 Å². The van der Waals surface area contributed by atoms with Gasteiger partial charge in [0.25, 0.3) is 0 Å². The molecular weight excluding hydrogens is 1610 g/mol. The van der Waals surface area contributed by atoms with Gasteiger partial charge in [0.1, 0.15) is 19.3 Å². The van der Waals surface area contributed by atoms with Crippen LogP contribution in [0.4, 0.5) is 0 Å². The molecule has 0 heterocycles. The molecule has 0 aromatic carbocycles. The number of likely N-dealkylation sites (N-methyl/N-ethyl adjacent to an activating group) is 3. The van der Waals surface area contributed by atoms with Crippen LogP contribution in [0.3, 0.4) is 0 Å². The second kappa shape index (κ2) is 93.7. The predicted molar refractivity (Wildman–Crippen MR) is 399 cm³/mol. The molecule has 0 saturated heterocycles. The molecule has 0 aliphatic rings. The second-order valence-corrected chi connectivity index (χ2v) is 22.5. The van der Waals surface area contributed by atoms with E-state index in [0.29, 0.717) is 216 Å². The molecule has 3 radical (unpaired) electrons. The molecule has 0 aliphatic carbocycles. The monoisotopic (exact) mass is 1740 g/mol. The molecule has 611 valence electrons. The van der Waals surface area contributed by atoms with E-state index in [9.17, 15) is 57.5 Å². The normalized spacial score (nSPS) is 10.4. The van der Waals surface area contributed by atoms with Crippen molar-refractivity contribution < 1.29 is 156 Å². The number of hydrogen-bond donors (Lipinski definition) is 21. The van der Waals surface area contributed by atoms with E-state index in [1.165, 1.54) is 0 Å². The topological polar surface area (TPSA) is 564 Å². The fraction of sp³-hybridized carbons (Fsp3) is 0.810. The summed E-state index contributed by atoms with van der Waals surface area (Å²) in [4.78, 5) is 147. The van der Waals surface area contributed by atoms with Crippen molar-refractivity contribution in [1.29, 1.82) is 0 Å². The standard InChI is InChI=1S/C21H42N8O4.C17H34N8O4.C16H35N8O3.C9H21N4O.3Y/c1-3-22-5-11-28(12-6-23-4-2)15-9-26-20(32)17-21(33)27-10-16-29(13-7-24-18-30)14-8-25-19-31;18-1-7-24(8-2-19)11-5-22-16(28)13-17(29)23-6-12-25(9-3-20-14-26)10-4-21-15-27;17-1-7-23(8-2-18)11-5-21-15(26)13-16(27)22-6-12-24(9-3-19)10-4-20-14-25;1-2-11-4-7-13(6-3-10)8-5-12-9-14;;;/h22-23H,3-17H2,1-2H3,(H,24,30)(H,25,31)(H,26,32)(H,27,33);1-13,18-19H2,(H,20,26)(H,21,27)(H,22,28)(H,23,29);1-13,17-19H2,(H,20,25)(H,21,26)(H,22,27);11H,2-8,10H2,1H3,(H,12,14);;;/q2*-2;2*-1;;;. The maximum Gasteiger partial charge on any atom is 0.229 e. The zero-order valence-corrected chi connectivity index (χ0v) is 72.2. The van der Waals surface area contributed by atoms with Crippen molar-refractivity contribution in [1.82, 2.24) is 114 Å². The summed E-state index contributed by atoms with van der Waals surface area (Å²) in [5.41, 5.74) is 33.1. The average molecular weight is 1740 g/mol. The Morgan fingerprint density at radius 1 is 0.226 bits per heavy atom. The van der Waals surface area contributed by atoms with E-state index in [1.807, 2.05) is 19.6 Å². The Kier molecular flexibility index (Phi) is 102. The Bertz CT molecular complexity index is 2030. The molecule has 0 aromatic heterocycles. The van der Waals surface area contributed by atoms with Gasteiger partial charge in [-0.25, -0.2) is 0 Å². The molecule has 12 amide bonds. The van der Waals surface area contributed by atoms with Crippen LogP contribution in [0, 0.1) is 0 Å². The van der Waals surface area contributed by atoms with Crippen LogP contribution in [0.25, 0.3) is 0 Å². The molecule has 0 spiro atoms. The van der Waals surface area contributed by atoms with Gasteiger partial charge in [-0.2, -0.15) is 38.5 Å². The maximum atomic E-state index is 12.1. The molecule has 27 N–H and O–H groups in total. The number of nitrogens with two attached hydrogens (primary N) is 6. The molecule has 0 fully saturated rings. The van der Waals surface area contributed by atoms with Crippen molar-refractivity contribution in [2.75, 3.05) is 295 Å². The van der Waals surface area contributed by atoms with Gasteiger partial charge in [-0.3, -0.25) is 63.1 Å². The van der Waals surface area contributed by atoms with Crippen LogP contribution in [0.1, 0.15) is 40.0 Å². The Balaban J connectivity index is -0.000000252. The van der Waals surface area contributed by atoms with Gasteiger partial charge in [0.05, 0.1) is 0 Å². The number of nitrogens with zero attached hydrogens (tertiary/aromatic N) is 7. The molecule has 43 heteroatoms. The zero-order chi connectivity index (χ0) is 77.3. The third-order valence-corrected chi connectivity index (χ3v) is 14.5. The Labute approximate surface area is 706 Å². The molecular formula is C63H132N28O12Y3-6. The molecule has 0 rings (SSSR count). The summed E-state index contributed by atoms with van der Waals surface area (Å²) < 4.78 is 0. The molecule has 0 aliphatic heterocycles. The Morgan fingerprint density at radius 2 is 0.358 bits per heavy atom. The summed E-state index contributed by atoms with van der Waals surface area (Å²) in [5.74, 6) is -2.03. The molecule has 0 bridgehead atoms. The van der Waals surface area contributed by atoms with Crippen LogP contribution in [0.5, 0.6) is 0 Å². The predicted octanol–water partition coefficient (Wildman–Crippen LogP) is -13.6. The smallest absolute Gasteiger partial charge is 0.229 e. The van der Waals surface area contributed by atoms with E-state index < -0.39 is 0 Å². The van der Waals surface area contributed by atoms with Gasteiger partial charge in [-0.1, -0.05) is 20.8 Å². The average Bonchev–Trinajstić information content (AvgIpc) is 3.32. The molecule has 40 nitrogen and oxygen atoms in total. The summed E-state index contributed by atoms with van der Waals surface area (Å²) in [6.45, 7) is 34.4. The van der Waals surface area contributed by atoms with E-state index in [-0.39, 0.29) is 153 Å². The van der Waals surface area contributed by atoms with Crippen LogP contribution in [0.2, 0.25) is 0 Å². The van der Waals surface area contributed by atoms with Gasteiger partial charge < -0.3 is 143 Å². The summed E-state index contributed by atoms with van der Waals surface area (Å²) in [5, 5.41) is 41.0. The number of amides is 12. The summed E-state index contributed by atoms with van der Waals surface area (Å²) in [7, 11) is 0. The van der Waals surface area contributed by atoms with E-state index in [2.05, 4.69) is 115 Å². The summed E-state index contributed by atoms with van der Waals surface area (Å²) >= 11 is 0. The number of carbonyl (C=O) groups excluding carboxylic acids is 12. The van der Waals surface area contributed by atoms with Gasteiger partial charge in [0, 0.05) is 334 Å². The molecule has 0 unspecified atom stereocenters. The summed E-state index contributed by atoms with van der Waals surface area (Å²) in [6.07, 6.45) is 8.97.